The summed E-state index contributed by atoms with van der Waals surface area (Å²) < 4.78 is 5.41. The van der Waals surface area contributed by atoms with E-state index in [-0.39, 0.29) is 5.60 Å². The summed E-state index contributed by atoms with van der Waals surface area (Å²) in [5.74, 6) is 0. The average Bonchev–Trinajstić information content (AvgIpc) is 2.89. The van der Waals surface area contributed by atoms with Crippen molar-refractivity contribution in [2.45, 2.75) is 32.0 Å². The van der Waals surface area contributed by atoms with Crippen molar-refractivity contribution < 1.29 is 9.84 Å². The summed E-state index contributed by atoms with van der Waals surface area (Å²) >= 11 is 1.57. The number of ether oxygens (including phenoxy) is 1. The molecule has 0 fully saturated rings. The molecular formula is C15H19NO2S. The van der Waals surface area contributed by atoms with E-state index in [4.69, 9.17) is 4.74 Å². The predicted molar refractivity (Wildman–Crippen MR) is 77.3 cm³/mol. The molecule has 2 rings (SSSR count). The van der Waals surface area contributed by atoms with Crippen LogP contribution in [-0.4, -0.2) is 17.2 Å². The van der Waals surface area contributed by atoms with E-state index in [1.54, 1.807) is 18.4 Å². The molecule has 1 aromatic heterocycles. The number of aromatic nitrogens is 1. The SMILES string of the molecule is COC(C)(C)c1nc(CC(O)c2ccccc2)cs1. The summed E-state index contributed by atoms with van der Waals surface area (Å²) in [5, 5.41) is 13.1. The van der Waals surface area contributed by atoms with E-state index in [1.807, 2.05) is 49.6 Å². The van der Waals surface area contributed by atoms with E-state index >= 15 is 0 Å². The molecule has 1 heterocycles. The zero-order valence-electron chi connectivity index (χ0n) is 11.5. The number of nitrogens with zero attached hydrogens (tertiary/aromatic N) is 1. The molecule has 0 radical (unpaired) electrons. The van der Waals surface area contributed by atoms with Crippen molar-refractivity contribution in [1.29, 1.82) is 0 Å². The average molecular weight is 277 g/mol. The van der Waals surface area contributed by atoms with Gasteiger partial charge in [0.15, 0.2) is 0 Å². The third-order valence-electron chi connectivity index (χ3n) is 3.16. The number of thiazole rings is 1. The van der Waals surface area contributed by atoms with Crippen LogP contribution < -0.4 is 0 Å². The Labute approximate surface area is 117 Å². The van der Waals surface area contributed by atoms with Gasteiger partial charge in [-0.25, -0.2) is 4.98 Å². The van der Waals surface area contributed by atoms with Crippen LogP contribution in [-0.2, 0) is 16.8 Å². The lowest BCUT2D eigenvalue weighted by Gasteiger charge is -2.19. The first-order valence-electron chi connectivity index (χ1n) is 6.26. The van der Waals surface area contributed by atoms with E-state index in [0.717, 1.165) is 16.3 Å². The monoisotopic (exact) mass is 277 g/mol. The number of hydrogen-bond acceptors (Lipinski definition) is 4. The zero-order valence-corrected chi connectivity index (χ0v) is 12.3. The third-order valence-corrected chi connectivity index (χ3v) is 4.36. The maximum atomic E-state index is 10.2. The smallest absolute Gasteiger partial charge is 0.124 e. The molecule has 0 bridgehead atoms. The van der Waals surface area contributed by atoms with Crippen molar-refractivity contribution in [2.75, 3.05) is 7.11 Å². The lowest BCUT2D eigenvalue weighted by molar-refractivity contribution is 0.0188. The summed E-state index contributed by atoms with van der Waals surface area (Å²) in [7, 11) is 1.68. The van der Waals surface area contributed by atoms with Gasteiger partial charge in [0.05, 0.1) is 11.8 Å². The van der Waals surface area contributed by atoms with Crippen LogP contribution in [0, 0.1) is 0 Å². The van der Waals surface area contributed by atoms with Crippen molar-refractivity contribution in [3.63, 3.8) is 0 Å². The highest BCUT2D eigenvalue weighted by Crippen LogP contribution is 2.28. The zero-order chi connectivity index (χ0) is 13.9. The van der Waals surface area contributed by atoms with Gasteiger partial charge in [0.1, 0.15) is 10.6 Å². The topological polar surface area (TPSA) is 42.4 Å². The Hall–Kier alpha value is -1.23. The standard InChI is InChI=1S/C15H19NO2S/c1-15(2,18-3)14-16-12(10-19-14)9-13(17)11-7-5-4-6-8-11/h4-8,10,13,17H,9H2,1-3H3. The molecule has 0 saturated carbocycles. The van der Waals surface area contributed by atoms with Crippen molar-refractivity contribution in [3.8, 4) is 0 Å². The molecule has 0 saturated heterocycles. The highest BCUT2D eigenvalue weighted by atomic mass is 32.1. The number of aliphatic hydroxyl groups is 1. The first kappa shape index (κ1) is 14.2. The minimum absolute atomic E-state index is 0.374. The number of aliphatic hydroxyl groups excluding tert-OH is 1. The first-order chi connectivity index (χ1) is 9.03. The van der Waals surface area contributed by atoms with Crippen LogP contribution in [0.25, 0.3) is 0 Å². The predicted octanol–water partition coefficient (Wildman–Crippen LogP) is 3.30. The lowest BCUT2D eigenvalue weighted by atomic mass is 10.1. The van der Waals surface area contributed by atoms with Gasteiger partial charge in [-0.3, -0.25) is 0 Å². The summed E-state index contributed by atoms with van der Waals surface area (Å²) in [6, 6.07) is 9.66. The van der Waals surface area contributed by atoms with Crippen LogP contribution in [0.1, 0.15) is 36.2 Å². The van der Waals surface area contributed by atoms with E-state index in [1.165, 1.54) is 0 Å². The molecule has 3 nitrogen and oxygen atoms in total. The fourth-order valence-corrected chi connectivity index (χ4v) is 2.69. The molecule has 2 aromatic rings. The van der Waals surface area contributed by atoms with E-state index in [0.29, 0.717) is 6.42 Å². The van der Waals surface area contributed by atoms with Gasteiger partial charge in [-0.15, -0.1) is 11.3 Å². The van der Waals surface area contributed by atoms with Gasteiger partial charge in [-0.2, -0.15) is 0 Å². The second-order valence-corrected chi connectivity index (χ2v) is 5.85. The highest BCUT2D eigenvalue weighted by Gasteiger charge is 2.24. The van der Waals surface area contributed by atoms with Gasteiger partial charge < -0.3 is 9.84 Å². The van der Waals surface area contributed by atoms with Gasteiger partial charge in [-0.1, -0.05) is 30.3 Å². The Bertz CT molecular complexity index is 522. The molecule has 1 atom stereocenters. The van der Waals surface area contributed by atoms with Gasteiger partial charge in [0.2, 0.25) is 0 Å². The Morgan fingerprint density at radius 1 is 1.32 bits per heavy atom. The Kier molecular flexibility index (Phi) is 4.34. The quantitative estimate of drug-likeness (QED) is 0.911. The minimum atomic E-state index is -0.512. The van der Waals surface area contributed by atoms with Crippen LogP contribution in [0.4, 0.5) is 0 Å². The molecule has 1 unspecified atom stereocenters. The lowest BCUT2D eigenvalue weighted by Crippen LogP contribution is -2.19. The van der Waals surface area contributed by atoms with Crippen LogP contribution in [0.3, 0.4) is 0 Å². The Morgan fingerprint density at radius 2 is 2.00 bits per heavy atom. The second kappa shape index (κ2) is 5.82. The summed E-state index contributed by atoms with van der Waals surface area (Å²) in [5.41, 5.74) is 1.45. The van der Waals surface area contributed by atoms with Crippen molar-refractivity contribution in [3.05, 3.63) is 52.0 Å². The molecule has 0 aliphatic carbocycles. The van der Waals surface area contributed by atoms with Gasteiger partial charge in [0, 0.05) is 18.9 Å². The molecule has 4 heteroatoms. The van der Waals surface area contributed by atoms with Crippen LogP contribution in [0.15, 0.2) is 35.7 Å². The first-order valence-corrected chi connectivity index (χ1v) is 7.14. The minimum Gasteiger partial charge on any atom is -0.388 e. The number of rotatable bonds is 5. The fraction of sp³-hybridized carbons (Fsp3) is 0.400. The number of methoxy groups -OCH3 is 1. The summed E-state index contributed by atoms with van der Waals surface area (Å²) in [4.78, 5) is 4.55. The molecule has 0 aliphatic heterocycles. The fourth-order valence-electron chi connectivity index (χ4n) is 1.76. The van der Waals surface area contributed by atoms with E-state index in [2.05, 4.69) is 4.98 Å². The highest BCUT2D eigenvalue weighted by molar-refractivity contribution is 7.09. The Balaban J connectivity index is 2.09. The van der Waals surface area contributed by atoms with Crippen LogP contribution in [0.5, 0.6) is 0 Å². The van der Waals surface area contributed by atoms with Gasteiger partial charge >= 0.3 is 0 Å². The van der Waals surface area contributed by atoms with Crippen molar-refractivity contribution in [2.24, 2.45) is 0 Å². The molecule has 0 aliphatic rings. The third kappa shape index (κ3) is 3.41. The number of benzene rings is 1. The van der Waals surface area contributed by atoms with Crippen molar-refractivity contribution in [1.82, 2.24) is 4.98 Å². The van der Waals surface area contributed by atoms with Crippen molar-refractivity contribution >= 4 is 11.3 Å². The van der Waals surface area contributed by atoms with E-state index in [9.17, 15) is 5.11 Å². The van der Waals surface area contributed by atoms with Gasteiger partial charge in [-0.05, 0) is 19.4 Å². The largest absolute Gasteiger partial charge is 0.388 e. The molecule has 1 N–H and O–H groups in total. The van der Waals surface area contributed by atoms with E-state index < -0.39 is 6.10 Å². The summed E-state index contributed by atoms with van der Waals surface area (Å²) in [6.45, 7) is 3.98. The number of hydrogen-bond donors (Lipinski definition) is 1. The normalized spacial score (nSPS) is 13.5. The molecule has 19 heavy (non-hydrogen) atoms. The maximum Gasteiger partial charge on any atom is 0.124 e. The molecule has 1 aromatic carbocycles. The Morgan fingerprint density at radius 3 is 2.63 bits per heavy atom. The second-order valence-electron chi connectivity index (χ2n) is 4.99. The molecule has 0 spiro atoms. The van der Waals surface area contributed by atoms with Crippen LogP contribution in [0.2, 0.25) is 0 Å². The van der Waals surface area contributed by atoms with Crippen LogP contribution >= 0.6 is 11.3 Å². The van der Waals surface area contributed by atoms with Gasteiger partial charge in [0.25, 0.3) is 0 Å². The maximum absolute atomic E-state index is 10.2. The molecular weight excluding hydrogens is 258 g/mol. The molecule has 102 valence electrons. The molecule has 0 amide bonds. The summed E-state index contributed by atoms with van der Waals surface area (Å²) in [6.07, 6.45) is 0.0159.